The molecule has 23 heavy (non-hydrogen) atoms. The lowest BCUT2D eigenvalue weighted by Gasteiger charge is -2.15. The Bertz CT molecular complexity index is 554. The summed E-state index contributed by atoms with van der Waals surface area (Å²) in [6.07, 6.45) is 6.64. The van der Waals surface area contributed by atoms with Crippen LogP contribution in [-0.4, -0.2) is 59.3 Å². The van der Waals surface area contributed by atoms with Gasteiger partial charge in [0.25, 0.3) is 5.91 Å². The van der Waals surface area contributed by atoms with Crippen molar-refractivity contribution in [1.82, 2.24) is 20.1 Å². The maximum Gasteiger partial charge on any atom is 0.263 e. The standard InChI is InChI=1S/C16H24N4O2S/c21-15-5-3-9-20(15)10-4-6-17-16(22)13-11-18-14(23-13)12-19-7-1-2-8-19/h11H,1-10,12H2,(H,17,22). The number of carbonyl (C=O) groups is 2. The summed E-state index contributed by atoms with van der Waals surface area (Å²) in [7, 11) is 0. The number of thiazole rings is 1. The summed E-state index contributed by atoms with van der Waals surface area (Å²) in [5, 5.41) is 3.94. The third-order valence-electron chi connectivity index (χ3n) is 4.40. The van der Waals surface area contributed by atoms with Crippen molar-refractivity contribution in [1.29, 1.82) is 0 Å². The van der Waals surface area contributed by atoms with Gasteiger partial charge in [0, 0.05) is 26.1 Å². The molecule has 1 aromatic heterocycles. The molecule has 0 aromatic carbocycles. The van der Waals surface area contributed by atoms with Crippen molar-refractivity contribution in [2.45, 2.75) is 38.6 Å². The van der Waals surface area contributed by atoms with Gasteiger partial charge in [0.2, 0.25) is 5.91 Å². The topological polar surface area (TPSA) is 65.5 Å². The molecule has 0 unspecified atom stereocenters. The van der Waals surface area contributed by atoms with Crippen LogP contribution in [0.1, 0.15) is 46.8 Å². The van der Waals surface area contributed by atoms with Gasteiger partial charge in [0.15, 0.2) is 0 Å². The second-order valence-electron chi connectivity index (χ2n) is 6.20. The van der Waals surface area contributed by atoms with E-state index in [1.165, 1.54) is 24.2 Å². The molecule has 2 aliphatic heterocycles. The highest BCUT2D eigenvalue weighted by atomic mass is 32.1. The number of carbonyl (C=O) groups excluding carboxylic acids is 2. The average molecular weight is 336 g/mol. The molecule has 2 aliphatic rings. The molecule has 3 heterocycles. The quantitative estimate of drug-likeness (QED) is 0.766. The van der Waals surface area contributed by atoms with Crippen LogP contribution < -0.4 is 5.32 Å². The van der Waals surface area contributed by atoms with Gasteiger partial charge in [-0.25, -0.2) is 4.98 Å². The first-order chi connectivity index (χ1) is 11.2. The van der Waals surface area contributed by atoms with E-state index in [0.717, 1.165) is 50.6 Å². The summed E-state index contributed by atoms with van der Waals surface area (Å²) in [6, 6.07) is 0. The Hall–Kier alpha value is -1.47. The Balaban J connectivity index is 1.38. The van der Waals surface area contributed by atoms with Crippen molar-refractivity contribution in [3.05, 3.63) is 16.1 Å². The lowest BCUT2D eigenvalue weighted by atomic mass is 10.3. The highest BCUT2D eigenvalue weighted by molar-refractivity contribution is 7.13. The van der Waals surface area contributed by atoms with Gasteiger partial charge in [-0.05, 0) is 38.8 Å². The molecule has 126 valence electrons. The average Bonchev–Trinajstić information content (AvgIpc) is 3.27. The van der Waals surface area contributed by atoms with E-state index >= 15 is 0 Å². The first-order valence-electron chi connectivity index (χ1n) is 8.45. The fourth-order valence-corrected chi connectivity index (χ4v) is 4.00. The van der Waals surface area contributed by atoms with Gasteiger partial charge in [0.1, 0.15) is 9.88 Å². The lowest BCUT2D eigenvalue weighted by molar-refractivity contribution is -0.127. The fraction of sp³-hybridized carbons (Fsp3) is 0.688. The van der Waals surface area contributed by atoms with Crippen molar-refractivity contribution < 1.29 is 9.59 Å². The summed E-state index contributed by atoms with van der Waals surface area (Å²) in [6.45, 7) is 5.33. The van der Waals surface area contributed by atoms with E-state index in [1.54, 1.807) is 6.20 Å². The molecule has 0 saturated carbocycles. The monoisotopic (exact) mass is 336 g/mol. The second kappa shape index (κ2) is 7.88. The molecule has 0 radical (unpaired) electrons. The highest BCUT2D eigenvalue weighted by Crippen LogP contribution is 2.18. The first kappa shape index (κ1) is 16.4. The van der Waals surface area contributed by atoms with Crippen LogP contribution in [0.15, 0.2) is 6.20 Å². The molecule has 0 aliphatic carbocycles. The number of rotatable bonds is 7. The largest absolute Gasteiger partial charge is 0.351 e. The first-order valence-corrected chi connectivity index (χ1v) is 9.27. The maximum absolute atomic E-state index is 12.1. The number of nitrogens with zero attached hydrogens (tertiary/aromatic N) is 3. The minimum absolute atomic E-state index is 0.0529. The van der Waals surface area contributed by atoms with Crippen LogP contribution in [-0.2, 0) is 11.3 Å². The SMILES string of the molecule is O=C(NCCCN1CCCC1=O)c1cnc(CN2CCCC2)s1. The fourth-order valence-electron chi connectivity index (χ4n) is 3.12. The van der Waals surface area contributed by atoms with Gasteiger partial charge in [0.05, 0.1) is 12.7 Å². The van der Waals surface area contributed by atoms with Crippen LogP contribution in [0.2, 0.25) is 0 Å². The highest BCUT2D eigenvalue weighted by Gasteiger charge is 2.19. The Labute approximate surface area is 140 Å². The van der Waals surface area contributed by atoms with Crippen LogP contribution in [0.3, 0.4) is 0 Å². The van der Waals surface area contributed by atoms with E-state index < -0.39 is 0 Å². The zero-order valence-electron chi connectivity index (χ0n) is 13.4. The zero-order chi connectivity index (χ0) is 16.1. The predicted octanol–water partition coefficient (Wildman–Crippen LogP) is 1.48. The molecule has 1 N–H and O–H groups in total. The Morgan fingerprint density at radius 1 is 1.26 bits per heavy atom. The van der Waals surface area contributed by atoms with Crippen LogP contribution in [0.25, 0.3) is 0 Å². The van der Waals surface area contributed by atoms with Crippen molar-refractivity contribution in [3.63, 3.8) is 0 Å². The Morgan fingerprint density at radius 3 is 2.83 bits per heavy atom. The summed E-state index contributed by atoms with van der Waals surface area (Å²) < 4.78 is 0. The molecule has 2 amide bonds. The number of amides is 2. The van der Waals surface area contributed by atoms with E-state index in [-0.39, 0.29) is 11.8 Å². The lowest BCUT2D eigenvalue weighted by Crippen LogP contribution is -2.30. The van der Waals surface area contributed by atoms with Crippen molar-refractivity contribution in [2.24, 2.45) is 0 Å². The van der Waals surface area contributed by atoms with Crippen molar-refractivity contribution >= 4 is 23.2 Å². The number of aromatic nitrogens is 1. The van der Waals surface area contributed by atoms with Gasteiger partial charge in [-0.3, -0.25) is 14.5 Å². The Kier molecular flexibility index (Phi) is 5.61. The molecule has 0 atom stereocenters. The predicted molar refractivity (Wildman–Crippen MR) is 89.4 cm³/mol. The molecule has 2 saturated heterocycles. The van der Waals surface area contributed by atoms with Gasteiger partial charge in [-0.15, -0.1) is 11.3 Å². The minimum Gasteiger partial charge on any atom is -0.351 e. The number of nitrogens with one attached hydrogen (secondary N) is 1. The van der Waals surface area contributed by atoms with Crippen molar-refractivity contribution in [2.75, 3.05) is 32.7 Å². The third kappa shape index (κ3) is 4.51. The van der Waals surface area contributed by atoms with Gasteiger partial charge in [-0.1, -0.05) is 0 Å². The summed E-state index contributed by atoms with van der Waals surface area (Å²) >= 11 is 1.48. The number of likely N-dealkylation sites (tertiary alicyclic amines) is 2. The van der Waals surface area contributed by atoms with E-state index in [0.29, 0.717) is 17.8 Å². The minimum atomic E-state index is -0.0529. The van der Waals surface area contributed by atoms with Crippen molar-refractivity contribution in [3.8, 4) is 0 Å². The summed E-state index contributed by atoms with van der Waals surface area (Å²) in [4.78, 5) is 32.9. The van der Waals surface area contributed by atoms with Gasteiger partial charge < -0.3 is 10.2 Å². The van der Waals surface area contributed by atoms with E-state index in [4.69, 9.17) is 0 Å². The van der Waals surface area contributed by atoms with E-state index in [2.05, 4.69) is 15.2 Å². The molecule has 7 heteroatoms. The van der Waals surface area contributed by atoms with Crippen LogP contribution >= 0.6 is 11.3 Å². The maximum atomic E-state index is 12.1. The smallest absolute Gasteiger partial charge is 0.263 e. The second-order valence-corrected chi connectivity index (χ2v) is 7.31. The molecule has 6 nitrogen and oxygen atoms in total. The number of hydrogen-bond acceptors (Lipinski definition) is 5. The zero-order valence-corrected chi connectivity index (χ0v) is 14.2. The molecule has 0 bridgehead atoms. The van der Waals surface area contributed by atoms with Crippen LogP contribution in [0, 0.1) is 0 Å². The van der Waals surface area contributed by atoms with E-state index in [1.807, 2.05) is 4.90 Å². The van der Waals surface area contributed by atoms with Gasteiger partial charge >= 0.3 is 0 Å². The molecular weight excluding hydrogens is 312 g/mol. The third-order valence-corrected chi connectivity index (χ3v) is 5.38. The van der Waals surface area contributed by atoms with Crippen LogP contribution in [0.4, 0.5) is 0 Å². The molecule has 1 aromatic rings. The summed E-state index contributed by atoms with van der Waals surface area (Å²) in [5.74, 6) is 0.188. The van der Waals surface area contributed by atoms with E-state index in [9.17, 15) is 9.59 Å². The van der Waals surface area contributed by atoms with Gasteiger partial charge in [-0.2, -0.15) is 0 Å². The molecular formula is C16H24N4O2S. The molecule has 3 rings (SSSR count). The van der Waals surface area contributed by atoms with Crippen LogP contribution in [0.5, 0.6) is 0 Å². The summed E-state index contributed by atoms with van der Waals surface area (Å²) in [5.41, 5.74) is 0. The Morgan fingerprint density at radius 2 is 2.09 bits per heavy atom. The molecule has 0 spiro atoms. The molecule has 2 fully saturated rings. The normalized spacial score (nSPS) is 18.8. The number of hydrogen-bond donors (Lipinski definition) is 1.